The smallest absolute Gasteiger partial charge is 0.266 e. The Balaban J connectivity index is 1.79. The Hall–Kier alpha value is -0.430. The molecular formula is C14H22IN3O. The van der Waals surface area contributed by atoms with Gasteiger partial charge in [-0.25, -0.2) is 4.98 Å². The highest BCUT2D eigenvalue weighted by atomic mass is 127. The fourth-order valence-electron chi connectivity index (χ4n) is 2.66. The molecule has 1 aliphatic rings. The maximum atomic E-state index is 12.0. The van der Waals surface area contributed by atoms with Crippen LogP contribution in [-0.4, -0.2) is 22.1 Å². The largest absolute Gasteiger partial charge is 0.314 e. The van der Waals surface area contributed by atoms with Crippen LogP contribution in [0.4, 0.5) is 0 Å². The van der Waals surface area contributed by atoms with E-state index in [2.05, 4.69) is 32.9 Å². The fraction of sp³-hybridized carbons (Fsp3) is 0.714. The van der Waals surface area contributed by atoms with Crippen LogP contribution in [0.3, 0.4) is 0 Å². The molecule has 4 nitrogen and oxygen atoms in total. The molecule has 0 saturated heterocycles. The molecule has 1 fully saturated rings. The average Bonchev–Trinajstić information content (AvgIpc) is 2.43. The number of aryl methyl sites for hydroxylation is 1. The topological polar surface area (TPSA) is 46.9 Å². The molecule has 1 aromatic heterocycles. The zero-order valence-electron chi connectivity index (χ0n) is 11.5. The SMILES string of the molecule is Cc1ncc(I)c(=O)n1CCCNC1CCCCC1. The van der Waals surface area contributed by atoms with Gasteiger partial charge in [0, 0.05) is 18.8 Å². The normalized spacial score (nSPS) is 16.7. The maximum Gasteiger partial charge on any atom is 0.266 e. The zero-order chi connectivity index (χ0) is 13.7. The summed E-state index contributed by atoms with van der Waals surface area (Å²) in [6.07, 6.45) is 9.36. The van der Waals surface area contributed by atoms with E-state index in [1.807, 2.05) is 6.92 Å². The van der Waals surface area contributed by atoms with E-state index in [1.54, 1.807) is 10.8 Å². The summed E-state index contributed by atoms with van der Waals surface area (Å²) in [5.74, 6) is 0.808. The van der Waals surface area contributed by atoms with Crippen LogP contribution in [0.25, 0.3) is 0 Å². The minimum absolute atomic E-state index is 0.0887. The fourth-order valence-corrected chi connectivity index (χ4v) is 3.09. The number of hydrogen-bond donors (Lipinski definition) is 1. The first-order valence-electron chi connectivity index (χ1n) is 7.14. The Morgan fingerprint density at radius 1 is 1.42 bits per heavy atom. The molecule has 5 heteroatoms. The van der Waals surface area contributed by atoms with Crippen molar-refractivity contribution in [2.75, 3.05) is 6.54 Å². The molecule has 0 atom stereocenters. The summed E-state index contributed by atoms with van der Waals surface area (Å²) >= 11 is 2.05. The number of rotatable bonds is 5. The van der Waals surface area contributed by atoms with E-state index >= 15 is 0 Å². The second-order valence-corrected chi connectivity index (χ2v) is 6.41. The van der Waals surface area contributed by atoms with E-state index in [0.29, 0.717) is 9.61 Å². The summed E-state index contributed by atoms with van der Waals surface area (Å²) in [6.45, 7) is 3.64. The van der Waals surface area contributed by atoms with Gasteiger partial charge in [0.15, 0.2) is 0 Å². The monoisotopic (exact) mass is 375 g/mol. The zero-order valence-corrected chi connectivity index (χ0v) is 13.6. The summed E-state index contributed by atoms with van der Waals surface area (Å²) in [7, 11) is 0. The van der Waals surface area contributed by atoms with E-state index in [4.69, 9.17) is 0 Å². The van der Waals surface area contributed by atoms with Gasteiger partial charge in [0.2, 0.25) is 0 Å². The first kappa shape index (κ1) is 15.0. The lowest BCUT2D eigenvalue weighted by Gasteiger charge is -2.22. The van der Waals surface area contributed by atoms with Crippen molar-refractivity contribution in [3.63, 3.8) is 0 Å². The van der Waals surface area contributed by atoms with Crippen LogP contribution in [0, 0.1) is 10.5 Å². The van der Waals surface area contributed by atoms with Crippen molar-refractivity contribution in [2.24, 2.45) is 0 Å². The van der Waals surface area contributed by atoms with Gasteiger partial charge < -0.3 is 5.32 Å². The highest BCUT2D eigenvalue weighted by Crippen LogP contribution is 2.17. The van der Waals surface area contributed by atoms with Gasteiger partial charge in [0.1, 0.15) is 5.82 Å². The third kappa shape index (κ3) is 4.27. The van der Waals surface area contributed by atoms with Gasteiger partial charge in [-0.05, 0) is 55.3 Å². The molecule has 1 aromatic rings. The Kier molecular flexibility index (Phi) is 5.81. The lowest BCUT2D eigenvalue weighted by molar-refractivity contribution is 0.368. The van der Waals surface area contributed by atoms with Crippen molar-refractivity contribution in [3.05, 3.63) is 25.9 Å². The summed E-state index contributed by atoms with van der Waals surface area (Å²) in [5, 5.41) is 3.61. The van der Waals surface area contributed by atoms with Crippen LogP contribution in [-0.2, 0) is 6.54 Å². The highest BCUT2D eigenvalue weighted by Gasteiger charge is 2.12. The average molecular weight is 375 g/mol. The van der Waals surface area contributed by atoms with Crippen molar-refractivity contribution in [1.29, 1.82) is 0 Å². The molecule has 0 spiro atoms. The molecule has 0 unspecified atom stereocenters. The van der Waals surface area contributed by atoms with Crippen molar-refractivity contribution < 1.29 is 0 Å². The van der Waals surface area contributed by atoms with Crippen LogP contribution >= 0.6 is 22.6 Å². The first-order chi connectivity index (χ1) is 9.18. The van der Waals surface area contributed by atoms with Crippen molar-refractivity contribution in [1.82, 2.24) is 14.9 Å². The van der Waals surface area contributed by atoms with Gasteiger partial charge in [-0.2, -0.15) is 0 Å². The summed E-state index contributed by atoms with van der Waals surface area (Å²) in [4.78, 5) is 16.2. The quantitative estimate of drug-likeness (QED) is 0.636. The van der Waals surface area contributed by atoms with Crippen LogP contribution in [0.2, 0.25) is 0 Å². The third-order valence-electron chi connectivity index (χ3n) is 3.80. The van der Waals surface area contributed by atoms with E-state index in [-0.39, 0.29) is 5.56 Å². The number of aromatic nitrogens is 2. The molecule has 0 amide bonds. The lowest BCUT2D eigenvalue weighted by atomic mass is 9.95. The molecule has 2 rings (SSSR count). The van der Waals surface area contributed by atoms with E-state index in [9.17, 15) is 4.79 Å². The number of nitrogens with one attached hydrogen (secondary N) is 1. The molecule has 106 valence electrons. The lowest BCUT2D eigenvalue weighted by Crippen LogP contribution is -2.33. The number of nitrogens with zero attached hydrogens (tertiary/aromatic N) is 2. The minimum atomic E-state index is 0.0887. The van der Waals surface area contributed by atoms with Gasteiger partial charge in [-0.15, -0.1) is 0 Å². The Morgan fingerprint density at radius 3 is 2.89 bits per heavy atom. The molecule has 1 N–H and O–H groups in total. The van der Waals surface area contributed by atoms with Gasteiger partial charge in [0.05, 0.1) is 3.57 Å². The number of hydrogen-bond acceptors (Lipinski definition) is 3. The molecule has 1 heterocycles. The second kappa shape index (κ2) is 7.38. The molecular weight excluding hydrogens is 353 g/mol. The van der Waals surface area contributed by atoms with Crippen LogP contribution < -0.4 is 10.9 Å². The van der Waals surface area contributed by atoms with Crippen molar-refractivity contribution in [3.8, 4) is 0 Å². The van der Waals surface area contributed by atoms with Gasteiger partial charge in [-0.1, -0.05) is 19.3 Å². The third-order valence-corrected chi connectivity index (χ3v) is 4.54. The Morgan fingerprint density at radius 2 is 2.16 bits per heavy atom. The van der Waals surface area contributed by atoms with Gasteiger partial charge in [-0.3, -0.25) is 9.36 Å². The summed E-state index contributed by atoms with van der Waals surface area (Å²) < 4.78 is 2.48. The van der Waals surface area contributed by atoms with Crippen LogP contribution in [0.15, 0.2) is 11.0 Å². The van der Waals surface area contributed by atoms with E-state index < -0.39 is 0 Å². The molecule has 19 heavy (non-hydrogen) atoms. The summed E-state index contributed by atoms with van der Waals surface area (Å²) in [6, 6.07) is 0.695. The Bertz CT molecular complexity index is 466. The predicted octanol–water partition coefficient (Wildman–Crippen LogP) is 2.47. The second-order valence-electron chi connectivity index (χ2n) is 5.25. The maximum absolute atomic E-state index is 12.0. The first-order valence-corrected chi connectivity index (χ1v) is 8.21. The molecule has 0 bridgehead atoms. The van der Waals surface area contributed by atoms with E-state index in [1.165, 1.54) is 32.1 Å². The van der Waals surface area contributed by atoms with Gasteiger partial charge >= 0.3 is 0 Å². The van der Waals surface area contributed by atoms with Crippen LogP contribution in [0.5, 0.6) is 0 Å². The molecule has 0 radical (unpaired) electrons. The standard InChI is InChI=1S/C14H22IN3O/c1-11-17-10-13(15)14(19)18(11)9-5-8-16-12-6-3-2-4-7-12/h10,12,16H,2-9H2,1H3. The van der Waals surface area contributed by atoms with Crippen molar-refractivity contribution >= 4 is 22.6 Å². The predicted molar refractivity (Wildman–Crippen MR) is 85.4 cm³/mol. The highest BCUT2D eigenvalue weighted by molar-refractivity contribution is 14.1. The van der Waals surface area contributed by atoms with Crippen LogP contribution in [0.1, 0.15) is 44.3 Å². The van der Waals surface area contributed by atoms with E-state index in [0.717, 1.165) is 25.3 Å². The minimum Gasteiger partial charge on any atom is -0.314 e. The Labute approximate surface area is 128 Å². The van der Waals surface area contributed by atoms with Crippen molar-refractivity contribution in [2.45, 2.75) is 58.0 Å². The molecule has 1 aliphatic carbocycles. The molecule has 0 aliphatic heterocycles. The summed E-state index contributed by atoms with van der Waals surface area (Å²) in [5.41, 5.74) is 0.0887. The molecule has 1 saturated carbocycles. The number of halogens is 1. The molecule has 0 aromatic carbocycles. The van der Waals surface area contributed by atoms with Gasteiger partial charge in [0.25, 0.3) is 5.56 Å².